The maximum absolute atomic E-state index is 11.8. The number of aromatic amines is 1. The number of nitrogen functional groups attached to an aromatic ring is 1. The predicted molar refractivity (Wildman–Crippen MR) is 71.6 cm³/mol. The van der Waals surface area contributed by atoms with E-state index in [0.717, 1.165) is 0 Å². The summed E-state index contributed by atoms with van der Waals surface area (Å²) in [5, 5.41) is 6.36. The van der Waals surface area contributed by atoms with Gasteiger partial charge in [-0.25, -0.2) is 18.1 Å². The second kappa shape index (κ2) is 5.81. The summed E-state index contributed by atoms with van der Waals surface area (Å²) in [6.07, 6.45) is 1.85. The standard InChI is InChI=1S/C11H15N5O2S/c12-10-3-1-2-9(6-10)7-19(17,18)15-5-4-11-13-8-14-16-11/h1-3,6,8,15H,4-5,7,12H2,(H,13,14,16). The molecular weight excluding hydrogens is 266 g/mol. The highest BCUT2D eigenvalue weighted by Gasteiger charge is 2.11. The number of anilines is 1. The highest BCUT2D eigenvalue weighted by atomic mass is 32.2. The first-order chi connectivity index (χ1) is 9.05. The molecule has 0 aliphatic rings. The van der Waals surface area contributed by atoms with Crippen LogP contribution in [-0.4, -0.2) is 30.1 Å². The fraction of sp³-hybridized carbons (Fsp3) is 0.273. The fourth-order valence-corrected chi connectivity index (χ4v) is 2.76. The second-order valence-corrected chi connectivity index (χ2v) is 5.89. The molecule has 0 unspecified atom stereocenters. The van der Waals surface area contributed by atoms with Gasteiger partial charge in [-0.15, -0.1) is 0 Å². The predicted octanol–water partition coefficient (Wildman–Crippen LogP) is 0.0490. The van der Waals surface area contributed by atoms with E-state index in [1.54, 1.807) is 24.3 Å². The molecule has 19 heavy (non-hydrogen) atoms. The molecule has 8 heteroatoms. The van der Waals surface area contributed by atoms with E-state index in [2.05, 4.69) is 19.9 Å². The van der Waals surface area contributed by atoms with Gasteiger partial charge in [0.15, 0.2) is 0 Å². The molecule has 0 fully saturated rings. The van der Waals surface area contributed by atoms with Crippen molar-refractivity contribution < 1.29 is 8.42 Å². The Balaban J connectivity index is 1.88. The lowest BCUT2D eigenvalue weighted by Crippen LogP contribution is -2.27. The lowest BCUT2D eigenvalue weighted by molar-refractivity contribution is 0.580. The van der Waals surface area contributed by atoms with Gasteiger partial charge in [0, 0.05) is 18.7 Å². The zero-order chi connectivity index (χ0) is 13.7. The van der Waals surface area contributed by atoms with Gasteiger partial charge in [0.1, 0.15) is 12.2 Å². The lowest BCUT2D eigenvalue weighted by atomic mass is 10.2. The minimum Gasteiger partial charge on any atom is -0.399 e. The van der Waals surface area contributed by atoms with E-state index >= 15 is 0 Å². The van der Waals surface area contributed by atoms with Crippen LogP contribution in [0.2, 0.25) is 0 Å². The molecule has 0 bridgehead atoms. The van der Waals surface area contributed by atoms with E-state index in [4.69, 9.17) is 5.73 Å². The highest BCUT2D eigenvalue weighted by molar-refractivity contribution is 7.88. The van der Waals surface area contributed by atoms with Gasteiger partial charge in [0.25, 0.3) is 0 Å². The molecule has 0 radical (unpaired) electrons. The Labute approximate surface area is 111 Å². The Morgan fingerprint density at radius 2 is 2.21 bits per heavy atom. The van der Waals surface area contributed by atoms with Gasteiger partial charge in [0.05, 0.1) is 5.75 Å². The number of rotatable bonds is 6. The molecular formula is C11H15N5O2S. The van der Waals surface area contributed by atoms with Gasteiger partial charge in [-0.1, -0.05) is 12.1 Å². The number of nitrogens with zero attached hydrogens (tertiary/aromatic N) is 2. The van der Waals surface area contributed by atoms with Crippen LogP contribution in [-0.2, 0) is 22.2 Å². The van der Waals surface area contributed by atoms with Crippen LogP contribution >= 0.6 is 0 Å². The number of sulfonamides is 1. The van der Waals surface area contributed by atoms with Gasteiger partial charge in [-0.2, -0.15) is 5.10 Å². The quantitative estimate of drug-likeness (QED) is 0.647. The summed E-state index contributed by atoms with van der Waals surface area (Å²) in [7, 11) is -3.37. The molecule has 2 aromatic rings. The average Bonchev–Trinajstić information content (AvgIpc) is 2.81. The summed E-state index contributed by atoms with van der Waals surface area (Å²) in [4.78, 5) is 3.91. The molecule has 7 nitrogen and oxygen atoms in total. The number of H-pyrrole nitrogens is 1. The Morgan fingerprint density at radius 3 is 2.89 bits per heavy atom. The molecule has 0 spiro atoms. The first kappa shape index (κ1) is 13.5. The van der Waals surface area contributed by atoms with Crippen molar-refractivity contribution in [2.24, 2.45) is 0 Å². The normalized spacial score (nSPS) is 11.6. The van der Waals surface area contributed by atoms with Gasteiger partial charge in [-0.3, -0.25) is 5.10 Å². The van der Waals surface area contributed by atoms with Crippen molar-refractivity contribution in [3.05, 3.63) is 42.0 Å². The fourth-order valence-electron chi connectivity index (χ4n) is 1.63. The molecule has 0 saturated carbocycles. The first-order valence-corrected chi connectivity index (χ1v) is 7.36. The van der Waals surface area contributed by atoms with E-state index in [9.17, 15) is 8.42 Å². The van der Waals surface area contributed by atoms with Crippen LogP contribution in [0.5, 0.6) is 0 Å². The smallest absolute Gasteiger partial charge is 0.215 e. The van der Waals surface area contributed by atoms with Crippen molar-refractivity contribution in [2.75, 3.05) is 12.3 Å². The van der Waals surface area contributed by atoms with Gasteiger partial charge < -0.3 is 5.73 Å². The number of nitrogens with two attached hydrogens (primary N) is 1. The van der Waals surface area contributed by atoms with Crippen molar-refractivity contribution in [2.45, 2.75) is 12.2 Å². The number of aromatic nitrogens is 3. The van der Waals surface area contributed by atoms with Crippen LogP contribution in [0.3, 0.4) is 0 Å². The molecule has 2 rings (SSSR count). The van der Waals surface area contributed by atoms with Crippen LogP contribution < -0.4 is 10.5 Å². The summed E-state index contributed by atoms with van der Waals surface area (Å²) in [5.74, 6) is 0.556. The Hall–Kier alpha value is -1.93. The summed E-state index contributed by atoms with van der Waals surface area (Å²) in [6, 6.07) is 6.82. The van der Waals surface area contributed by atoms with Gasteiger partial charge >= 0.3 is 0 Å². The van der Waals surface area contributed by atoms with Crippen molar-refractivity contribution in [1.29, 1.82) is 0 Å². The third-order valence-corrected chi connectivity index (χ3v) is 3.81. The van der Waals surface area contributed by atoms with Gasteiger partial charge in [0.2, 0.25) is 10.0 Å². The molecule has 0 aliphatic heterocycles. The van der Waals surface area contributed by atoms with E-state index in [1.165, 1.54) is 6.33 Å². The maximum Gasteiger partial charge on any atom is 0.215 e. The third kappa shape index (κ3) is 4.34. The van der Waals surface area contributed by atoms with Gasteiger partial charge in [-0.05, 0) is 17.7 Å². The van der Waals surface area contributed by atoms with Crippen LogP contribution in [0, 0.1) is 0 Å². The minimum atomic E-state index is -3.37. The maximum atomic E-state index is 11.8. The molecule has 0 aliphatic carbocycles. The number of hydrogen-bond acceptors (Lipinski definition) is 5. The second-order valence-electron chi connectivity index (χ2n) is 4.08. The van der Waals surface area contributed by atoms with E-state index < -0.39 is 10.0 Å². The minimum absolute atomic E-state index is 0.0888. The molecule has 0 amide bonds. The molecule has 4 N–H and O–H groups in total. The Kier molecular flexibility index (Phi) is 4.13. The zero-order valence-corrected chi connectivity index (χ0v) is 11.0. The molecule has 0 atom stereocenters. The van der Waals surface area contributed by atoms with Crippen LogP contribution in [0.1, 0.15) is 11.4 Å². The lowest BCUT2D eigenvalue weighted by Gasteiger charge is -2.06. The number of hydrogen-bond donors (Lipinski definition) is 3. The average molecular weight is 281 g/mol. The monoisotopic (exact) mass is 281 g/mol. The SMILES string of the molecule is Nc1cccc(CS(=O)(=O)NCCc2ncn[nH]2)c1. The topological polar surface area (TPSA) is 114 Å². The van der Waals surface area contributed by atoms with E-state index in [1.807, 2.05) is 0 Å². The number of benzene rings is 1. The van der Waals surface area contributed by atoms with Crippen molar-refractivity contribution in [1.82, 2.24) is 19.9 Å². The summed E-state index contributed by atoms with van der Waals surface area (Å²) in [5.41, 5.74) is 6.82. The van der Waals surface area contributed by atoms with E-state index in [-0.39, 0.29) is 12.3 Å². The molecule has 1 heterocycles. The van der Waals surface area contributed by atoms with Crippen LogP contribution in [0.4, 0.5) is 5.69 Å². The van der Waals surface area contributed by atoms with Crippen molar-refractivity contribution >= 4 is 15.7 Å². The first-order valence-electron chi connectivity index (χ1n) is 5.71. The largest absolute Gasteiger partial charge is 0.399 e. The summed E-state index contributed by atoms with van der Waals surface area (Å²) in [6.45, 7) is 0.278. The van der Waals surface area contributed by atoms with E-state index in [0.29, 0.717) is 23.5 Å². The Morgan fingerprint density at radius 1 is 1.37 bits per heavy atom. The molecule has 102 valence electrons. The molecule has 0 saturated heterocycles. The summed E-state index contributed by atoms with van der Waals surface area (Å²) < 4.78 is 26.2. The molecule has 1 aromatic heterocycles. The zero-order valence-electron chi connectivity index (χ0n) is 10.2. The summed E-state index contributed by atoms with van der Waals surface area (Å²) >= 11 is 0. The third-order valence-electron chi connectivity index (χ3n) is 2.46. The van der Waals surface area contributed by atoms with Crippen molar-refractivity contribution in [3.63, 3.8) is 0 Å². The highest BCUT2D eigenvalue weighted by Crippen LogP contribution is 2.09. The van der Waals surface area contributed by atoms with Crippen molar-refractivity contribution in [3.8, 4) is 0 Å². The van der Waals surface area contributed by atoms with Crippen LogP contribution in [0.25, 0.3) is 0 Å². The van der Waals surface area contributed by atoms with Crippen LogP contribution in [0.15, 0.2) is 30.6 Å². The molecule has 1 aromatic carbocycles. The Bertz CT molecular complexity index is 624. The number of nitrogens with one attached hydrogen (secondary N) is 2.